The minimum absolute atomic E-state index is 0.116. The van der Waals surface area contributed by atoms with E-state index in [1.165, 1.54) is 25.8 Å². The Hall–Kier alpha value is -1.36. The molecule has 0 aromatic carbocycles. The molecule has 0 bridgehead atoms. The van der Waals surface area contributed by atoms with Gasteiger partial charge in [0.1, 0.15) is 5.76 Å². The first-order chi connectivity index (χ1) is 11.0. The van der Waals surface area contributed by atoms with Gasteiger partial charge in [0, 0.05) is 38.5 Å². The van der Waals surface area contributed by atoms with Crippen molar-refractivity contribution in [1.29, 1.82) is 0 Å². The number of rotatable bonds is 6. The lowest BCUT2D eigenvalue weighted by atomic mass is 9.85. The van der Waals surface area contributed by atoms with E-state index in [9.17, 15) is 4.79 Å². The predicted molar refractivity (Wildman–Crippen MR) is 89.0 cm³/mol. The first-order valence-electron chi connectivity index (χ1n) is 8.97. The molecule has 2 heterocycles. The highest BCUT2D eigenvalue weighted by Gasteiger charge is 2.32. The van der Waals surface area contributed by atoms with E-state index in [4.69, 9.17) is 4.42 Å². The Morgan fingerprint density at radius 1 is 1.43 bits per heavy atom. The smallest absolute Gasteiger partial charge is 0.220 e. The molecular weight excluding hydrogens is 290 g/mol. The van der Waals surface area contributed by atoms with E-state index in [1.54, 1.807) is 13.1 Å². The lowest BCUT2D eigenvalue weighted by Gasteiger charge is -2.31. The van der Waals surface area contributed by atoms with Crippen LogP contribution < -0.4 is 0 Å². The van der Waals surface area contributed by atoms with Crippen LogP contribution in [-0.4, -0.2) is 46.4 Å². The molecule has 23 heavy (non-hydrogen) atoms. The molecule has 2 fully saturated rings. The lowest BCUT2D eigenvalue weighted by molar-refractivity contribution is -0.132. The molecule has 5 nitrogen and oxygen atoms in total. The van der Waals surface area contributed by atoms with Gasteiger partial charge < -0.3 is 14.2 Å². The summed E-state index contributed by atoms with van der Waals surface area (Å²) in [6.07, 6.45) is 7.00. The van der Waals surface area contributed by atoms with Crippen molar-refractivity contribution in [2.45, 2.75) is 65.0 Å². The summed E-state index contributed by atoms with van der Waals surface area (Å²) in [6, 6.07) is 0.293. The molecule has 2 aliphatic rings. The quantitative estimate of drug-likeness (QED) is 0.809. The van der Waals surface area contributed by atoms with Crippen LogP contribution in [0.2, 0.25) is 0 Å². The van der Waals surface area contributed by atoms with Crippen LogP contribution in [0.25, 0.3) is 0 Å². The van der Waals surface area contributed by atoms with Gasteiger partial charge in [0.15, 0.2) is 0 Å². The van der Waals surface area contributed by atoms with Crippen LogP contribution in [0.1, 0.15) is 64.0 Å². The Morgan fingerprint density at radius 2 is 2.22 bits per heavy atom. The summed E-state index contributed by atoms with van der Waals surface area (Å²) in [6.45, 7) is 9.62. The van der Waals surface area contributed by atoms with Gasteiger partial charge in [-0.05, 0) is 25.2 Å². The third-order valence-electron chi connectivity index (χ3n) is 5.28. The SMILES string of the molecule is CC(=O)N(Cc1ncc(C(C)C)o1)[C@H]1CCN(CC2CCC2)C1. The Kier molecular flexibility index (Phi) is 5.05. The molecule has 0 spiro atoms. The number of likely N-dealkylation sites (tertiary alicyclic amines) is 1. The van der Waals surface area contributed by atoms with Crippen molar-refractivity contribution in [2.75, 3.05) is 19.6 Å². The summed E-state index contributed by atoms with van der Waals surface area (Å²) in [7, 11) is 0. The van der Waals surface area contributed by atoms with Gasteiger partial charge in [-0.25, -0.2) is 4.98 Å². The fourth-order valence-corrected chi connectivity index (χ4v) is 3.58. The molecule has 1 aromatic heterocycles. The van der Waals surface area contributed by atoms with E-state index in [-0.39, 0.29) is 5.91 Å². The molecule has 1 amide bonds. The van der Waals surface area contributed by atoms with Gasteiger partial charge in [-0.2, -0.15) is 0 Å². The number of aromatic nitrogens is 1. The van der Waals surface area contributed by atoms with Crippen molar-refractivity contribution >= 4 is 5.91 Å². The number of amides is 1. The number of hydrogen-bond acceptors (Lipinski definition) is 4. The molecule has 0 N–H and O–H groups in total. The fourth-order valence-electron chi connectivity index (χ4n) is 3.58. The van der Waals surface area contributed by atoms with Gasteiger partial charge in [-0.1, -0.05) is 20.3 Å². The Labute approximate surface area is 139 Å². The summed E-state index contributed by atoms with van der Waals surface area (Å²) in [4.78, 5) is 20.9. The second-order valence-corrected chi connectivity index (χ2v) is 7.46. The predicted octanol–water partition coefficient (Wildman–Crippen LogP) is 3.02. The molecule has 3 rings (SSSR count). The third kappa shape index (κ3) is 3.94. The van der Waals surface area contributed by atoms with Crippen LogP contribution >= 0.6 is 0 Å². The van der Waals surface area contributed by atoms with E-state index in [0.29, 0.717) is 24.4 Å². The maximum absolute atomic E-state index is 12.1. The van der Waals surface area contributed by atoms with Gasteiger partial charge in [-0.15, -0.1) is 0 Å². The van der Waals surface area contributed by atoms with E-state index in [2.05, 4.69) is 23.7 Å². The molecule has 1 aliphatic carbocycles. The zero-order valence-corrected chi connectivity index (χ0v) is 14.6. The van der Waals surface area contributed by atoms with Crippen molar-refractivity contribution in [1.82, 2.24) is 14.8 Å². The normalized spacial score (nSPS) is 22.5. The lowest BCUT2D eigenvalue weighted by Crippen LogP contribution is -2.41. The van der Waals surface area contributed by atoms with Gasteiger partial charge in [0.2, 0.25) is 11.8 Å². The third-order valence-corrected chi connectivity index (χ3v) is 5.28. The molecule has 128 valence electrons. The summed E-state index contributed by atoms with van der Waals surface area (Å²) < 4.78 is 5.78. The monoisotopic (exact) mass is 319 g/mol. The molecule has 0 unspecified atom stereocenters. The van der Waals surface area contributed by atoms with Crippen LogP contribution in [0.4, 0.5) is 0 Å². The summed E-state index contributed by atoms with van der Waals surface area (Å²) >= 11 is 0. The first-order valence-corrected chi connectivity index (χ1v) is 8.97. The highest BCUT2D eigenvalue weighted by atomic mass is 16.4. The van der Waals surface area contributed by atoms with E-state index in [1.807, 2.05) is 4.90 Å². The summed E-state index contributed by atoms with van der Waals surface area (Å²) in [5.41, 5.74) is 0. The van der Waals surface area contributed by atoms with Crippen LogP contribution in [0.15, 0.2) is 10.6 Å². The van der Waals surface area contributed by atoms with Crippen LogP contribution in [0, 0.1) is 5.92 Å². The second kappa shape index (κ2) is 7.04. The minimum Gasteiger partial charge on any atom is -0.444 e. The minimum atomic E-state index is 0.116. The number of oxazole rings is 1. The fraction of sp³-hybridized carbons (Fsp3) is 0.778. The van der Waals surface area contributed by atoms with Crippen LogP contribution in [0.5, 0.6) is 0 Å². The van der Waals surface area contributed by atoms with Crippen molar-refractivity contribution in [3.8, 4) is 0 Å². The largest absolute Gasteiger partial charge is 0.444 e. The highest BCUT2D eigenvalue weighted by molar-refractivity contribution is 5.73. The Bertz CT molecular complexity index is 536. The molecule has 1 aliphatic heterocycles. The standard InChI is InChI=1S/C18H29N3O2/c1-13(2)17-9-19-18(23-17)12-21(14(3)22)16-7-8-20(11-16)10-15-5-4-6-15/h9,13,15-16H,4-8,10-12H2,1-3H3/t16-/m0/s1. The molecular formula is C18H29N3O2. The first kappa shape index (κ1) is 16.5. The molecule has 1 saturated carbocycles. The van der Waals surface area contributed by atoms with Crippen molar-refractivity contribution in [2.24, 2.45) is 5.92 Å². The van der Waals surface area contributed by atoms with Crippen molar-refractivity contribution in [3.05, 3.63) is 17.8 Å². The zero-order chi connectivity index (χ0) is 16.4. The Balaban J connectivity index is 1.58. The maximum atomic E-state index is 12.1. The number of carbonyl (C=O) groups excluding carboxylic acids is 1. The highest BCUT2D eigenvalue weighted by Crippen LogP contribution is 2.29. The zero-order valence-electron chi connectivity index (χ0n) is 14.6. The van der Waals surface area contributed by atoms with Gasteiger partial charge in [-0.3, -0.25) is 4.79 Å². The molecule has 1 aromatic rings. The van der Waals surface area contributed by atoms with E-state index < -0.39 is 0 Å². The molecule has 1 atom stereocenters. The molecule has 0 radical (unpaired) electrons. The second-order valence-electron chi connectivity index (χ2n) is 7.46. The maximum Gasteiger partial charge on any atom is 0.220 e. The van der Waals surface area contributed by atoms with Gasteiger partial charge in [0.05, 0.1) is 12.7 Å². The van der Waals surface area contributed by atoms with E-state index in [0.717, 1.165) is 31.2 Å². The van der Waals surface area contributed by atoms with Gasteiger partial charge >= 0.3 is 0 Å². The topological polar surface area (TPSA) is 49.6 Å². The summed E-state index contributed by atoms with van der Waals surface area (Å²) in [5.74, 6) is 2.87. The van der Waals surface area contributed by atoms with Gasteiger partial charge in [0.25, 0.3) is 0 Å². The number of hydrogen-bond donors (Lipinski definition) is 0. The number of nitrogens with zero attached hydrogens (tertiary/aromatic N) is 3. The van der Waals surface area contributed by atoms with E-state index >= 15 is 0 Å². The molecule has 5 heteroatoms. The van der Waals surface area contributed by atoms with Crippen LogP contribution in [-0.2, 0) is 11.3 Å². The van der Waals surface area contributed by atoms with Crippen LogP contribution in [0.3, 0.4) is 0 Å². The van der Waals surface area contributed by atoms with Crippen molar-refractivity contribution in [3.63, 3.8) is 0 Å². The molecule has 1 saturated heterocycles. The average molecular weight is 319 g/mol. The average Bonchev–Trinajstić information content (AvgIpc) is 3.09. The summed E-state index contributed by atoms with van der Waals surface area (Å²) in [5, 5.41) is 0. The van der Waals surface area contributed by atoms with Crippen molar-refractivity contribution < 1.29 is 9.21 Å². The number of carbonyl (C=O) groups is 1. The Morgan fingerprint density at radius 3 is 2.78 bits per heavy atom.